The van der Waals surface area contributed by atoms with Crippen LogP contribution in [0.3, 0.4) is 0 Å². The van der Waals surface area contributed by atoms with Gasteiger partial charge in [0.2, 0.25) is 5.90 Å². The molecule has 1 N–H and O–H groups in total. The fourth-order valence-electron chi connectivity index (χ4n) is 2.27. The highest BCUT2D eigenvalue weighted by molar-refractivity contribution is 5.97. The van der Waals surface area contributed by atoms with Gasteiger partial charge in [-0.2, -0.15) is 0 Å². The first-order chi connectivity index (χ1) is 13.6. The van der Waals surface area contributed by atoms with Crippen molar-refractivity contribution in [3.8, 4) is 11.5 Å². The molecule has 1 heterocycles. The van der Waals surface area contributed by atoms with Crippen molar-refractivity contribution in [3.63, 3.8) is 0 Å². The van der Waals surface area contributed by atoms with E-state index in [4.69, 9.17) is 23.7 Å². The minimum Gasteiger partial charge on any atom is -0.497 e. The molecule has 0 radical (unpaired) electrons. The summed E-state index contributed by atoms with van der Waals surface area (Å²) in [6, 6.07) is 6.86. The van der Waals surface area contributed by atoms with Gasteiger partial charge in [0, 0.05) is 31.6 Å². The van der Waals surface area contributed by atoms with Crippen molar-refractivity contribution in [2.24, 2.45) is 5.10 Å². The van der Waals surface area contributed by atoms with Gasteiger partial charge in [-0.05, 0) is 19.1 Å². The summed E-state index contributed by atoms with van der Waals surface area (Å²) in [5.74, 6) is 0.932. The van der Waals surface area contributed by atoms with Gasteiger partial charge >= 0.3 is 0 Å². The van der Waals surface area contributed by atoms with E-state index >= 15 is 0 Å². The summed E-state index contributed by atoms with van der Waals surface area (Å²) in [6.45, 7) is 4.80. The molecule has 152 valence electrons. The second-order valence-corrected chi connectivity index (χ2v) is 5.56. The number of nitrogens with zero attached hydrogens (tertiary/aromatic N) is 2. The summed E-state index contributed by atoms with van der Waals surface area (Å²) >= 11 is 0. The fourth-order valence-corrected chi connectivity index (χ4v) is 2.27. The molecule has 0 fully saturated rings. The van der Waals surface area contributed by atoms with Crippen LogP contribution in [0.15, 0.2) is 29.4 Å². The number of amides is 1. The highest BCUT2D eigenvalue weighted by Crippen LogP contribution is 2.28. The quantitative estimate of drug-likeness (QED) is 0.218. The zero-order valence-corrected chi connectivity index (χ0v) is 16.5. The topological polar surface area (TPSA) is 101 Å². The minimum atomic E-state index is -0.492. The van der Waals surface area contributed by atoms with Crippen molar-refractivity contribution in [2.75, 3.05) is 40.8 Å². The van der Waals surface area contributed by atoms with E-state index in [-0.39, 0.29) is 12.5 Å². The van der Waals surface area contributed by atoms with Crippen molar-refractivity contribution in [1.82, 2.24) is 10.4 Å². The van der Waals surface area contributed by atoms with Gasteiger partial charge in [-0.25, -0.2) is 10.4 Å². The molecule has 28 heavy (non-hydrogen) atoms. The molecule has 9 heteroatoms. The molecule has 0 unspecified atom stereocenters. The Morgan fingerprint density at radius 1 is 1.21 bits per heavy atom. The first-order valence-electron chi connectivity index (χ1n) is 8.74. The van der Waals surface area contributed by atoms with E-state index in [0.717, 1.165) is 5.39 Å². The summed E-state index contributed by atoms with van der Waals surface area (Å²) in [5.41, 5.74) is 3.10. The lowest BCUT2D eigenvalue weighted by Crippen LogP contribution is -2.21. The maximum absolute atomic E-state index is 12.4. The number of carbonyl (C=O) groups is 1. The second-order valence-electron chi connectivity index (χ2n) is 5.56. The summed E-state index contributed by atoms with van der Waals surface area (Å²) in [4.78, 5) is 16.8. The summed E-state index contributed by atoms with van der Waals surface area (Å²) in [7, 11) is 3.15. The highest BCUT2D eigenvalue weighted by atomic mass is 16.7. The molecule has 1 aromatic heterocycles. The molecule has 1 amide bonds. The standard InChI is InChI=1S/C19H25N3O6/c1-5-27-13(2)21-22-19(23)17-11-18(28-12-26-9-8-24-3)15-7-6-14(25-4)10-16(15)20-17/h6-7,10-11H,5,8-9,12H2,1-4H3,(H,22,23)/b21-13+. The first kappa shape index (κ1) is 21.4. The van der Waals surface area contributed by atoms with Crippen LogP contribution in [0.25, 0.3) is 10.9 Å². The van der Waals surface area contributed by atoms with Gasteiger partial charge in [-0.3, -0.25) is 4.79 Å². The number of carbonyl (C=O) groups excluding carboxylic acids is 1. The van der Waals surface area contributed by atoms with Gasteiger partial charge in [-0.1, -0.05) is 0 Å². The molecule has 2 rings (SSSR count). The van der Waals surface area contributed by atoms with Gasteiger partial charge in [0.25, 0.3) is 5.91 Å². The number of hydrogen-bond acceptors (Lipinski definition) is 8. The van der Waals surface area contributed by atoms with E-state index in [2.05, 4.69) is 15.5 Å². The molecular weight excluding hydrogens is 366 g/mol. The van der Waals surface area contributed by atoms with Gasteiger partial charge in [0.05, 0.1) is 32.4 Å². The third kappa shape index (κ3) is 6.07. The van der Waals surface area contributed by atoms with Gasteiger partial charge < -0.3 is 23.7 Å². The van der Waals surface area contributed by atoms with E-state index in [1.54, 1.807) is 33.3 Å². The van der Waals surface area contributed by atoms with Crippen LogP contribution in [0.5, 0.6) is 11.5 Å². The third-order valence-corrected chi connectivity index (χ3v) is 3.61. The predicted octanol–water partition coefficient (Wildman–Crippen LogP) is 2.34. The van der Waals surface area contributed by atoms with E-state index in [1.807, 2.05) is 13.0 Å². The Morgan fingerprint density at radius 2 is 2.04 bits per heavy atom. The Labute approximate surface area is 163 Å². The van der Waals surface area contributed by atoms with Crippen molar-refractivity contribution in [2.45, 2.75) is 13.8 Å². The molecule has 0 aliphatic rings. The molecule has 0 atom stereocenters. The maximum Gasteiger partial charge on any atom is 0.290 e. The van der Waals surface area contributed by atoms with Crippen LogP contribution < -0.4 is 14.9 Å². The lowest BCUT2D eigenvalue weighted by atomic mass is 10.1. The lowest BCUT2D eigenvalue weighted by molar-refractivity contribution is -0.00785. The molecule has 1 aromatic carbocycles. The van der Waals surface area contributed by atoms with E-state index in [0.29, 0.717) is 42.7 Å². The van der Waals surface area contributed by atoms with Crippen LogP contribution in [0.2, 0.25) is 0 Å². The normalized spacial score (nSPS) is 11.4. The van der Waals surface area contributed by atoms with Gasteiger partial charge in [-0.15, -0.1) is 5.10 Å². The average molecular weight is 391 g/mol. The zero-order chi connectivity index (χ0) is 20.4. The zero-order valence-electron chi connectivity index (χ0n) is 16.5. The number of benzene rings is 1. The largest absolute Gasteiger partial charge is 0.497 e. The van der Waals surface area contributed by atoms with Crippen LogP contribution in [-0.2, 0) is 14.2 Å². The minimum absolute atomic E-state index is 0.0111. The van der Waals surface area contributed by atoms with Crippen LogP contribution in [-0.4, -0.2) is 57.6 Å². The fraction of sp³-hybridized carbons (Fsp3) is 0.421. The summed E-state index contributed by atoms with van der Waals surface area (Å²) in [6.07, 6.45) is 0. The summed E-state index contributed by atoms with van der Waals surface area (Å²) in [5, 5.41) is 4.60. The first-order valence-corrected chi connectivity index (χ1v) is 8.74. The highest BCUT2D eigenvalue weighted by Gasteiger charge is 2.14. The van der Waals surface area contributed by atoms with Crippen molar-refractivity contribution in [3.05, 3.63) is 30.0 Å². The molecule has 0 bridgehead atoms. The van der Waals surface area contributed by atoms with Crippen LogP contribution in [0.1, 0.15) is 24.3 Å². The second kappa shape index (κ2) is 11.1. The van der Waals surface area contributed by atoms with Crippen molar-refractivity contribution in [1.29, 1.82) is 0 Å². The summed E-state index contributed by atoms with van der Waals surface area (Å²) < 4.78 is 26.4. The molecule has 2 aromatic rings. The van der Waals surface area contributed by atoms with E-state index in [9.17, 15) is 4.79 Å². The smallest absolute Gasteiger partial charge is 0.290 e. The number of nitrogens with one attached hydrogen (secondary N) is 1. The maximum atomic E-state index is 12.4. The van der Waals surface area contributed by atoms with Gasteiger partial charge in [0.15, 0.2) is 6.79 Å². The van der Waals surface area contributed by atoms with Gasteiger partial charge in [0.1, 0.15) is 17.2 Å². The molecule has 0 aliphatic carbocycles. The number of fused-ring (bicyclic) bond motifs is 1. The number of pyridine rings is 1. The molecule has 0 aliphatic heterocycles. The Kier molecular flexibility index (Phi) is 8.44. The Bertz CT molecular complexity index is 825. The number of hydrogen-bond donors (Lipinski definition) is 1. The van der Waals surface area contributed by atoms with E-state index in [1.165, 1.54) is 6.07 Å². The van der Waals surface area contributed by atoms with E-state index < -0.39 is 5.91 Å². The van der Waals surface area contributed by atoms with Crippen LogP contribution >= 0.6 is 0 Å². The number of aromatic nitrogens is 1. The molecular formula is C19H25N3O6. The number of methoxy groups -OCH3 is 2. The van der Waals surface area contributed by atoms with Crippen LogP contribution in [0, 0.1) is 0 Å². The Hall–Kier alpha value is -2.91. The number of hydrazone groups is 1. The van der Waals surface area contributed by atoms with Crippen molar-refractivity contribution >= 4 is 22.7 Å². The monoisotopic (exact) mass is 391 g/mol. The Balaban J connectivity index is 2.26. The van der Waals surface area contributed by atoms with Crippen LogP contribution in [0.4, 0.5) is 0 Å². The third-order valence-electron chi connectivity index (χ3n) is 3.61. The van der Waals surface area contributed by atoms with Crippen molar-refractivity contribution < 1.29 is 28.5 Å². The molecule has 0 saturated heterocycles. The number of ether oxygens (including phenoxy) is 5. The Morgan fingerprint density at radius 3 is 2.75 bits per heavy atom. The molecule has 9 nitrogen and oxygen atoms in total. The number of rotatable bonds is 10. The SMILES string of the molecule is CCO/C(C)=N/NC(=O)c1cc(OCOCCOC)c2ccc(OC)cc2n1. The predicted molar refractivity (Wildman–Crippen MR) is 104 cm³/mol. The lowest BCUT2D eigenvalue weighted by Gasteiger charge is -2.12. The average Bonchev–Trinajstić information content (AvgIpc) is 2.71. The molecule has 0 saturated carbocycles. The molecule has 0 spiro atoms.